The van der Waals surface area contributed by atoms with Crippen LogP contribution in [0.3, 0.4) is 0 Å². The first kappa shape index (κ1) is 17.0. The van der Waals surface area contributed by atoms with E-state index >= 15 is 0 Å². The number of ether oxygens (including phenoxy) is 1. The largest absolute Gasteiger partial charge is 0.494 e. The lowest BCUT2D eigenvalue weighted by atomic mass is 10.1. The van der Waals surface area contributed by atoms with Crippen LogP contribution in [0.5, 0.6) is 5.75 Å². The summed E-state index contributed by atoms with van der Waals surface area (Å²) < 4.78 is 5.78. The van der Waals surface area contributed by atoms with E-state index in [2.05, 4.69) is 17.4 Å². The molecule has 0 aliphatic rings. The average Bonchev–Trinajstić information content (AvgIpc) is 2.58. The van der Waals surface area contributed by atoms with Crippen molar-refractivity contribution in [1.82, 2.24) is 5.32 Å². The first-order valence-electron chi connectivity index (χ1n) is 7.87. The summed E-state index contributed by atoms with van der Waals surface area (Å²) in [6.07, 6.45) is 1.96. The lowest BCUT2D eigenvalue weighted by Gasteiger charge is -2.11. The molecule has 122 valence electrons. The van der Waals surface area contributed by atoms with E-state index in [1.54, 1.807) is 6.92 Å². The maximum absolute atomic E-state index is 10.8. The van der Waals surface area contributed by atoms with Crippen LogP contribution in [0.1, 0.15) is 24.5 Å². The van der Waals surface area contributed by atoms with Crippen molar-refractivity contribution >= 4 is 5.97 Å². The van der Waals surface area contributed by atoms with Crippen LogP contribution in [0.15, 0.2) is 54.6 Å². The second-order valence-electron chi connectivity index (χ2n) is 5.53. The molecule has 0 saturated heterocycles. The summed E-state index contributed by atoms with van der Waals surface area (Å²) in [6, 6.07) is 17.5. The van der Waals surface area contributed by atoms with Crippen molar-refractivity contribution in [3.05, 3.63) is 65.7 Å². The van der Waals surface area contributed by atoms with Gasteiger partial charge in [-0.1, -0.05) is 42.5 Å². The molecule has 0 spiro atoms. The summed E-state index contributed by atoms with van der Waals surface area (Å²) in [5.74, 6) is -0.0290. The zero-order valence-corrected chi connectivity index (χ0v) is 13.4. The number of aliphatic carboxylic acids is 1. The van der Waals surface area contributed by atoms with Gasteiger partial charge < -0.3 is 15.2 Å². The minimum Gasteiger partial charge on any atom is -0.494 e. The van der Waals surface area contributed by atoms with Crippen molar-refractivity contribution < 1.29 is 14.6 Å². The Bertz CT molecular complexity index is 613. The van der Waals surface area contributed by atoms with Crippen molar-refractivity contribution in [2.75, 3.05) is 6.61 Å². The van der Waals surface area contributed by atoms with Crippen LogP contribution in [0.4, 0.5) is 0 Å². The minimum atomic E-state index is -0.849. The van der Waals surface area contributed by atoms with Gasteiger partial charge in [-0.15, -0.1) is 0 Å². The van der Waals surface area contributed by atoms with E-state index in [1.165, 1.54) is 5.56 Å². The Hall–Kier alpha value is -2.33. The first-order chi connectivity index (χ1) is 11.1. The molecule has 2 aromatic rings. The van der Waals surface area contributed by atoms with Crippen LogP contribution >= 0.6 is 0 Å². The molecule has 0 aromatic heterocycles. The van der Waals surface area contributed by atoms with Crippen LogP contribution in [-0.2, 0) is 17.8 Å². The van der Waals surface area contributed by atoms with Gasteiger partial charge >= 0.3 is 5.97 Å². The van der Waals surface area contributed by atoms with Crippen LogP contribution in [-0.4, -0.2) is 23.7 Å². The first-order valence-corrected chi connectivity index (χ1v) is 7.87. The zero-order chi connectivity index (χ0) is 16.5. The number of carbonyl (C=O) groups is 1. The summed E-state index contributed by atoms with van der Waals surface area (Å²) in [5, 5.41) is 11.8. The van der Waals surface area contributed by atoms with Crippen molar-refractivity contribution in [3.63, 3.8) is 0 Å². The summed E-state index contributed by atoms with van der Waals surface area (Å²) in [6.45, 7) is 2.80. The summed E-state index contributed by atoms with van der Waals surface area (Å²) in [7, 11) is 0. The number of hydrogen-bond acceptors (Lipinski definition) is 3. The number of benzene rings is 2. The van der Waals surface area contributed by atoms with Crippen molar-refractivity contribution in [2.24, 2.45) is 0 Å². The molecule has 0 fully saturated rings. The molecular weight excluding hydrogens is 290 g/mol. The number of nitrogens with one attached hydrogen (secondary N) is 1. The number of carboxylic acid groups (broad SMARTS) is 1. The highest BCUT2D eigenvalue weighted by molar-refractivity contribution is 5.72. The SMILES string of the molecule is C[C@@H](NCc1cccc(OCCCc2ccccc2)c1)C(=O)O. The van der Waals surface area contributed by atoms with E-state index in [4.69, 9.17) is 9.84 Å². The number of rotatable bonds is 9. The van der Waals surface area contributed by atoms with Crippen molar-refractivity contribution in [1.29, 1.82) is 0 Å². The van der Waals surface area contributed by atoms with Crippen LogP contribution in [0.2, 0.25) is 0 Å². The van der Waals surface area contributed by atoms with Gasteiger partial charge in [0.1, 0.15) is 11.8 Å². The Kier molecular flexibility index (Phi) is 6.63. The second kappa shape index (κ2) is 8.96. The van der Waals surface area contributed by atoms with E-state index < -0.39 is 12.0 Å². The normalized spacial score (nSPS) is 11.9. The van der Waals surface area contributed by atoms with Gasteiger partial charge in [0.05, 0.1) is 6.61 Å². The molecule has 2 rings (SSSR count). The van der Waals surface area contributed by atoms with Gasteiger partial charge in [0, 0.05) is 6.54 Å². The molecule has 0 aliphatic carbocycles. The molecule has 23 heavy (non-hydrogen) atoms. The Balaban J connectivity index is 1.75. The third kappa shape index (κ3) is 6.12. The number of aryl methyl sites for hydroxylation is 1. The summed E-state index contributed by atoms with van der Waals surface area (Å²) >= 11 is 0. The van der Waals surface area contributed by atoms with Gasteiger partial charge in [0.2, 0.25) is 0 Å². The zero-order valence-electron chi connectivity index (χ0n) is 13.4. The molecule has 0 bridgehead atoms. The molecule has 0 saturated carbocycles. The molecule has 2 aromatic carbocycles. The lowest BCUT2D eigenvalue weighted by molar-refractivity contribution is -0.139. The fourth-order valence-corrected chi connectivity index (χ4v) is 2.21. The van der Waals surface area contributed by atoms with E-state index in [0.717, 1.165) is 24.2 Å². The van der Waals surface area contributed by atoms with Gasteiger partial charge in [-0.2, -0.15) is 0 Å². The molecular formula is C19H23NO3. The quantitative estimate of drug-likeness (QED) is 0.698. The number of carboxylic acids is 1. The van der Waals surface area contributed by atoms with Crippen LogP contribution in [0, 0.1) is 0 Å². The van der Waals surface area contributed by atoms with Crippen molar-refractivity contribution in [2.45, 2.75) is 32.4 Å². The smallest absolute Gasteiger partial charge is 0.320 e. The monoisotopic (exact) mass is 313 g/mol. The minimum absolute atomic E-state index is 0.509. The van der Waals surface area contributed by atoms with E-state index in [9.17, 15) is 4.79 Å². The fourth-order valence-electron chi connectivity index (χ4n) is 2.21. The van der Waals surface area contributed by atoms with Gasteiger partial charge in [-0.3, -0.25) is 4.79 Å². The molecule has 0 heterocycles. The van der Waals surface area contributed by atoms with Gasteiger partial charge in [-0.05, 0) is 43.0 Å². The van der Waals surface area contributed by atoms with E-state index in [-0.39, 0.29) is 0 Å². The Morgan fingerprint density at radius 2 is 1.87 bits per heavy atom. The van der Waals surface area contributed by atoms with Gasteiger partial charge in [-0.25, -0.2) is 0 Å². The highest BCUT2D eigenvalue weighted by atomic mass is 16.5. The summed E-state index contributed by atoms with van der Waals surface area (Å²) in [4.78, 5) is 10.8. The molecule has 1 atom stereocenters. The highest BCUT2D eigenvalue weighted by Crippen LogP contribution is 2.14. The number of hydrogen-bond donors (Lipinski definition) is 2. The standard InChI is InChI=1S/C19H23NO3/c1-15(19(21)22)20-14-17-9-5-11-18(13-17)23-12-6-10-16-7-3-2-4-8-16/h2-5,7-9,11,13,15,20H,6,10,12,14H2,1H3,(H,21,22)/t15-/m1/s1. The third-order valence-electron chi connectivity index (χ3n) is 3.60. The van der Waals surface area contributed by atoms with Crippen molar-refractivity contribution in [3.8, 4) is 5.75 Å². The Morgan fingerprint density at radius 3 is 2.61 bits per heavy atom. The Labute approximate surface area is 137 Å². The molecule has 0 amide bonds. The van der Waals surface area contributed by atoms with Crippen LogP contribution in [0.25, 0.3) is 0 Å². The predicted octanol–water partition coefficient (Wildman–Crippen LogP) is 3.26. The third-order valence-corrected chi connectivity index (χ3v) is 3.60. The maximum atomic E-state index is 10.8. The molecule has 0 aliphatic heterocycles. The fraction of sp³-hybridized carbons (Fsp3) is 0.316. The molecule has 0 radical (unpaired) electrons. The van der Waals surface area contributed by atoms with Crippen LogP contribution < -0.4 is 10.1 Å². The Morgan fingerprint density at radius 1 is 1.13 bits per heavy atom. The second-order valence-corrected chi connectivity index (χ2v) is 5.53. The molecule has 2 N–H and O–H groups in total. The topological polar surface area (TPSA) is 58.6 Å². The molecule has 4 nitrogen and oxygen atoms in total. The predicted molar refractivity (Wildman–Crippen MR) is 90.6 cm³/mol. The maximum Gasteiger partial charge on any atom is 0.320 e. The molecule has 4 heteroatoms. The average molecular weight is 313 g/mol. The lowest BCUT2D eigenvalue weighted by Crippen LogP contribution is -2.33. The highest BCUT2D eigenvalue weighted by Gasteiger charge is 2.09. The van der Waals surface area contributed by atoms with Gasteiger partial charge in [0.25, 0.3) is 0 Å². The van der Waals surface area contributed by atoms with E-state index in [0.29, 0.717) is 13.2 Å². The summed E-state index contributed by atoms with van der Waals surface area (Å²) in [5.41, 5.74) is 2.33. The molecule has 0 unspecified atom stereocenters. The van der Waals surface area contributed by atoms with Gasteiger partial charge in [0.15, 0.2) is 0 Å². The van der Waals surface area contributed by atoms with E-state index in [1.807, 2.05) is 42.5 Å².